The number of anilines is 1. The van der Waals surface area contributed by atoms with Gasteiger partial charge in [-0.3, -0.25) is 0 Å². The van der Waals surface area contributed by atoms with Gasteiger partial charge in [0.1, 0.15) is 5.76 Å². The summed E-state index contributed by atoms with van der Waals surface area (Å²) < 4.78 is 5.43. The molecule has 0 saturated heterocycles. The maximum atomic E-state index is 5.78. The van der Waals surface area contributed by atoms with Crippen molar-refractivity contribution in [1.29, 1.82) is 0 Å². The van der Waals surface area contributed by atoms with Gasteiger partial charge in [-0.1, -0.05) is 0 Å². The predicted molar refractivity (Wildman–Crippen MR) is 50.1 cm³/mol. The first-order chi connectivity index (χ1) is 5.66. The van der Waals surface area contributed by atoms with Crippen LogP contribution in [0.1, 0.15) is 11.3 Å². The molecule has 0 saturated carbocycles. The van der Waals surface area contributed by atoms with Crippen molar-refractivity contribution in [2.45, 2.75) is 13.8 Å². The number of nitrogens with two attached hydrogens (primary N) is 1. The number of hydrogen-bond donors (Lipinski definition) is 1. The summed E-state index contributed by atoms with van der Waals surface area (Å²) in [7, 11) is 0. The average molecular weight is 161 g/mol. The summed E-state index contributed by atoms with van der Waals surface area (Å²) in [5, 5.41) is 1.09. The summed E-state index contributed by atoms with van der Waals surface area (Å²) in [5.41, 5.74) is 8.47. The van der Waals surface area contributed by atoms with Crippen LogP contribution >= 0.6 is 0 Å². The van der Waals surface area contributed by atoms with Gasteiger partial charge in [0.05, 0.1) is 5.69 Å². The van der Waals surface area contributed by atoms with Crippen molar-refractivity contribution in [3.8, 4) is 0 Å². The van der Waals surface area contributed by atoms with Crippen LogP contribution in [0.5, 0.6) is 0 Å². The largest absolute Gasteiger partial charge is 0.459 e. The van der Waals surface area contributed by atoms with E-state index in [0.29, 0.717) is 0 Å². The molecular formula is C10H11NO. The first kappa shape index (κ1) is 7.22. The maximum Gasteiger partial charge on any atom is 0.157 e. The molecule has 0 radical (unpaired) electrons. The third-order valence-electron chi connectivity index (χ3n) is 1.91. The van der Waals surface area contributed by atoms with E-state index >= 15 is 0 Å². The van der Waals surface area contributed by atoms with Gasteiger partial charge in [0.15, 0.2) is 5.58 Å². The van der Waals surface area contributed by atoms with Gasteiger partial charge in [-0.15, -0.1) is 0 Å². The van der Waals surface area contributed by atoms with E-state index in [2.05, 4.69) is 6.07 Å². The highest BCUT2D eigenvalue weighted by Gasteiger charge is 2.03. The number of fused-ring (bicyclic) bond motifs is 1. The van der Waals surface area contributed by atoms with Crippen molar-refractivity contribution in [3.05, 3.63) is 29.5 Å². The molecule has 1 aromatic heterocycles. The van der Waals surface area contributed by atoms with Gasteiger partial charge in [-0.25, -0.2) is 0 Å². The van der Waals surface area contributed by atoms with Crippen molar-refractivity contribution in [2.75, 3.05) is 5.73 Å². The minimum atomic E-state index is 0.720. The Hall–Kier alpha value is -1.44. The van der Waals surface area contributed by atoms with Crippen LogP contribution in [0.3, 0.4) is 0 Å². The molecule has 0 aliphatic rings. The molecule has 0 unspecified atom stereocenters. The standard InChI is InChI=1S/C10H11NO/c1-6-3-8-5-7(2)12-10(8)9(11)4-6/h3-5H,11H2,1-2H3. The third kappa shape index (κ3) is 0.961. The van der Waals surface area contributed by atoms with E-state index in [1.54, 1.807) is 0 Å². The van der Waals surface area contributed by atoms with Crippen molar-refractivity contribution in [1.82, 2.24) is 0 Å². The van der Waals surface area contributed by atoms with Crippen molar-refractivity contribution in [2.24, 2.45) is 0 Å². The van der Waals surface area contributed by atoms with Crippen LogP contribution in [0, 0.1) is 13.8 Å². The molecule has 2 nitrogen and oxygen atoms in total. The van der Waals surface area contributed by atoms with Gasteiger partial charge in [0.2, 0.25) is 0 Å². The lowest BCUT2D eigenvalue weighted by atomic mass is 10.1. The lowest BCUT2D eigenvalue weighted by molar-refractivity contribution is 0.580. The number of nitrogen functional groups attached to an aromatic ring is 1. The van der Waals surface area contributed by atoms with E-state index in [-0.39, 0.29) is 0 Å². The van der Waals surface area contributed by atoms with Crippen LogP contribution in [-0.4, -0.2) is 0 Å². The average Bonchev–Trinajstić information content (AvgIpc) is 2.29. The van der Waals surface area contributed by atoms with E-state index in [1.807, 2.05) is 26.0 Å². The SMILES string of the molecule is Cc1cc(N)c2oc(C)cc2c1. The van der Waals surface area contributed by atoms with E-state index in [1.165, 1.54) is 5.56 Å². The first-order valence-electron chi connectivity index (χ1n) is 3.93. The second-order valence-corrected chi connectivity index (χ2v) is 3.13. The molecule has 0 aliphatic heterocycles. The van der Waals surface area contributed by atoms with Crippen LogP contribution in [0.25, 0.3) is 11.0 Å². The monoisotopic (exact) mass is 161 g/mol. The molecular weight excluding hydrogens is 150 g/mol. The Labute approximate surface area is 71.0 Å². The molecule has 2 N–H and O–H groups in total. The highest BCUT2D eigenvalue weighted by Crippen LogP contribution is 2.25. The van der Waals surface area contributed by atoms with Crippen LogP contribution < -0.4 is 5.73 Å². The van der Waals surface area contributed by atoms with E-state index in [0.717, 1.165) is 22.4 Å². The number of aryl methyl sites for hydroxylation is 2. The molecule has 0 atom stereocenters. The minimum absolute atomic E-state index is 0.720. The minimum Gasteiger partial charge on any atom is -0.459 e. The van der Waals surface area contributed by atoms with Crippen LogP contribution in [0.15, 0.2) is 22.6 Å². The first-order valence-corrected chi connectivity index (χ1v) is 3.93. The number of benzene rings is 1. The number of rotatable bonds is 0. The molecule has 0 fully saturated rings. The number of furan rings is 1. The highest BCUT2D eigenvalue weighted by molar-refractivity contribution is 5.89. The van der Waals surface area contributed by atoms with Gasteiger partial charge >= 0.3 is 0 Å². The zero-order valence-electron chi connectivity index (χ0n) is 7.22. The quantitative estimate of drug-likeness (QED) is 0.603. The molecule has 0 spiro atoms. The molecule has 1 heterocycles. The van der Waals surface area contributed by atoms with Crippen molar-refractivity contribution >= 4 is 16.7 Å². The Morgan fingerprint density at radius 1 is 1.17 bits per heavy atom. The lowest BCUT2D eigenvalue weighted by Crippen LogP contribution is -1.85. The summed E-state index contributed by atoms with van der Waals surface area (Å²) in [6.07, 6.45) is 0. The zero-order chi connectivity index (χ0) is 8.72. The topological polar surface area (TPSA) is 39.2 Å². The Balaban J connectivity index is 2.88. The fraction of sp³-hybridized carbons (Fsp3) is 0.200. The molecule has 2 rings (SSSR count). The molecule has 2 heteroatoms. The van der Waals surface area contributed by atoms with E-state index in [9.17, 15) is 0 Å². The van der Waals surface area contributed by atoms with E-state index < -0.39 is 0 Å². The molecule has 0 bridgehead atoms. The fourth-order valence-electron chi connectivity index (χ4n) is 1.46. The third-order valence-corrected chi connectivity index (χ3v) is 1.91. The summed E-state index contributed by atoms with van der Waals surface area (Å²) in [6.45, 7) is 3.95. The predicted octanol–water partition coefficient (Wildman–Crippen LogP) is 2.63. The Bertz CT molecular complexity index is 429. The van der Waals surface area contributed by atoms with Gasteiger partial charge in [0.25, 0.3) is 0 Å². The van der Waals surface area contributed by atoms with Crippen LogP contribution in [-0.2, 0) is 0 Å². The second kappa shape index (κ2) is 2.27. The number of hydrogen-bond acceptors (Lipinski definition) is 2. The Morgan fingerprint density at radius 2 is 1.92 bits per heavy atom. The second-order valence-electron chi connectivity index (χ2n) is 3.13. The van der Waals surface area contributed by atoms with E-state index in [4.69, 9.17) is 10.2 Å². The van der Waals surface area contributed by atoms with Gasteiger partial charge in [-0.2, -0.15) is 0 Å². The van der Waals surface area contributed by atoms with Crippen LogP contribution in [0.4, 0.5) is 5.69 Å². The Kier molecular flexibility index (Phi) is 1.37. The summed E-state index contributed by atoms with van der Waals surface area (Å²) in [5.74, 6) is 0.905. The molecule has 0 amide bonds. The smallest absolute Gasteiger partial charge is 0.157 e. The van der Waals surface area contributed by atoms with Crippen molar-refractivity contribution in [3.63, 3.8) is 0 Å². The zero-order valence-corrected chi connectivity index (χ0v) is 7.22. The normalized spacial score (nSPS) is 10.8. The van der Waals surface area contributed by atoms with Gasteiger partial charge in [-0.05, 0) is 37.6 Å². The molecule has 0 aliphatic carbocycles. The lowest BCUT2D eigenvalue weighted by Gasteiger charge is -1.96. The van der Waals surface area contributed by atoms with Gasteiger partial charge in [0, 0.05) is 5.39 Å². The Morgan fingerprint density at radius 3 is 2.67 bits per heavy atom. The van der Waals surface area contributed by atoms with Gasteiger partial charge < -0.3 is 10.2 Å². The van der Waals surface area contributed by atoms with Crippen LogP contribution in [0.2, 0.25) is 0 Å². The highest BCUT2D eigenvalue weighted by atomic mass is 16.3. The molecule has 1 aromatic carbocycles. The molecule has 2 aromatic rings. The van der Waals surface area contributed by atoms with Crippen molar-refractivity contribution < 1.29 is 4.42 Å². The molecule has 12 heavy (non-hydrogen) atoms. The molecule has 62 valence electrons. The summed E-state index contributed by atoms with van der Waals surface area (Å²) in [4.78, 5) is 0. The fourth-order valence-corrected chi connectivity index (χ4v) is 1.46. The summed E-state index contributed by atoms with van der Waals surface area (Å²) in [6, 6.07) is 5.99. The maximum absolute atomic E-state index is 5.78. The summed E-state index contributed by atoms with van der Waals surface area (Å²) >= 11 is 0.